The average Bonchev–Trinajstić information content (AvgIpc) is 2.81. The molecule has 0 aliphatic carbocycles. The van der Waals surface area contributed by atoms with Crippen LogP contribution in [0.25, 0.3) is 0 Å². The van der Waals surface area contributed by atoms with E-state index in [-0.39, 0.29) is 27.7 Å². The molecule has 6 nitrogen and oxygen atoms in total. The summed E-state index contributed by atoms with van der Waals surface area (Å²) in [5, 5.41) is 11.3. The number of para-hydroxylation sites is 1. The molecule has 0 fully saturated rings. The maximum absolute atomic E-state index is 12.5. The van der Waals surface area contributed by atoms with E-state index >= 15 is 0 Å². The van der Waals surface area contributed by atoms with Gasteiger partial charge in [-0.25, -0.2) is 4.98 Å². The van der Waals surface area contributed by atoms with Gasteiger partial charge in [0, 0.05) is 42.2 Å². The van der Waals surface area contributed by atoms with Crippen LogP contribution in [0.1, 0.15) is 19.4 Å². The molecule has 0 N–H and O–H groups in total. The molecular weight excluding hydrogens is 350 g/mol. The predicted octanol–water partition coefficient (Wildman–Crippen LogP) is 3.96. The maximum Gasteiger partial charge on any atom is 0.301 e. The molecule has 0 amide bonds. The van der Waals surface area contributed by atoms with E-state index in [1.54, 1.807) is 6.08 Å². The van der Waals surface area contributed by atoms with E-state index in [0.717, 1.165) is 23.1 Å². The Morgan fingerprint density at radius 1 is 1.31 bits per heavy atom. The number of anilines is 1. The van der Waals surface area contributed by atoms with Gasteiger partial charge in [0.15, 0.2) is 10.8 Å². The van der Waals surface area contributed by atoms with Crippen molar-refractivity contribution in [1.29, 1.82) is 0 Å². The van der Waals surface area contributed by atoms with Gasteiger partial charge in [-0.05, 0) is 17.7 Å². The van der Waals surface area contributed by atoms with Crippen molar-refractivity contribution in [3.63, 3.8) is 0 Å². The fourth-order valence-corrected chi connectivity index (χ4v) is 4.01. The van der Waals surface area contributed by atoms with Crippen molar-refractivity contribution in [3.8, 4) is 0 Å². The minimum atomic E-state index is -0.483. The largest absolute Gasteiger partial charge is 0.347 e. The number of hydrogen-bond donors (Lipinski definition) is 0. The minimum Gasteiger partial charge on any atom is -0.347 e. The van der Waals surface area contributed by atoms with Gasteiger partial charge >= 0.3 is 5.69 Å². The summed E-state index contributed by atoms with van der Waals surface area (Å²) >= 11 is 1.09. The normalized spacial score (nSPS) is 16.6. The molecule has 2 aromatic rings. The quantitative estimate of drug-likeness (QED) is 0.344. The first-order valence-corrected chi connectivity index (χ1v) is 9.11. The van der Waals surface area contributed by atoms with Crippen molar-refractivity contribution in [1.82, 2.24) is 4.98 Å². The summed E-state index contributed by atoms with van der Waals surface area (Å²) in [5.74, 6) is -0.000540. The summed E-state index contributed by atoms with van der Waals surface area (Å²) in [6, 6.07) is 11.0. The van der Waals surface area contributed by atoms with E-state index in [1.165, 1.54) is 23.9 Å². The molecular formula is C19H19N3O3S. The van der Waals surface area contributed by atoms with Crippen LogP contribution in [0, 0.1) is 10.1 Å². The highest BCUT2D eigenvalue weighted by Gasteiger charge is 2.38. The lowest BCUT2D eigenvalue weighted by Crippen LogP contribution is -2.24. The third kappa shape index (κ3) is 3.22. The monoisotopic (exact) mass is 369 g/mol. The summed E-state index contributed by atoms with van der Waals surface area (Å²) in [6.07, 6.45) is 3.13. The van der Waals surface area contributed by atoms with E-state index in [4.69, 9.17) is 0 Å². The summed E-state index contributed by atoms with van der Waals surface area (Å²) in [7, 11) is 1.95. The Kier molecular flexibility index (Phi) is 4.82. The van der Waals surface area contributed by atoms with E-state index in [0.29, 0.717) is 0 Å². The van der Waals surface area contributed by atoms with Crippen LogP contribution in [-0.4, -0.2) is 28.5 Å². The number of thioether (sulfide) groups is 1. The zero-order valence-electron chi connectivity index (χ0n) is 14.8. The Morgan fingerprint density at radius 3 is 2.73 bits per heavy atom. The van der Waals surface area contributed by atoms with Crippen molar-refractivity contribution in [2.45, 2.75) is 24.3 Å². The first kappa shape index (κ1) is 18.1. The SMILES string of the molecule is CN1/C(=C\C(=O)CSc2ncccc2[N+](=O)[O-])C(C)(C)c2ccccc21. The first-order valence-electron chi connectivity index (χ1n) is 8.13. The Morgan fingerprint density at radius 2 is 2.04 bits per heavy atom. The number of pyridine rings is 1. The van der Waals surface area contributed by atoms with E-state index in [2.05, 4.69) is 24.9 Å². The van der Waals surface area contributed by atoms with Gasteiger partial charge in [-0.1, -0.05) is 43.8 Å². The Bertz CT molecular complexity index is 908. The van der Waals surface area contributed by atoms with Crippen LogP contribution >= 0.6 is 11.8 Å². The van der Waals surface area contributed by atoms with Crippen LogP contribution < -0.4 is 4.90 Å². The molecule has 134 valence electrons. The van der Waals surface area contributed by atoms with E-state index < -0.39 is 4.92 Å². The van der Waals surface area contributed by atoms with Gasteiger partial charge in [-0.3, -0.25) is 14.9 Å². The lowest BCUT2D eigenvalue weighted by atomic mass is 9.83. The molecule has 0 radical (unpaired) electrons. The van der Waals surface area contributed by atoms with Gasteiger partial charge < -0.3 is 4.90 Å². The zero-order valence-corrected chi connectivity index (χ0v) is 15.6. The van der Waals surface area contributed by atoms with Crippen LogP contribution in [-0.2, 0) is 10.2 Å². The second kappa shape index (κ2) is 6.92. The molecule has 0 spiro atoms. The highest BCUT2D eigenvalue weighted by atomic mass is 32.2. The van der Waals surface area contributed by atoms with Crippen LogP contribution in [0.2, 0.25) is 0 Å². The number of hydrogen-bond acceptors (Lipinski definition) is 6. The minimum absolute atomic E-state index is 0.0799. The average molecular weight is 369 g/mol. The molecule has 7 heteroatoms. The van der Waals surface area contributed by atoms with Gasteiger partial charge in [0.25, 0.3) is 0 Å². The van der Waals surface area contributed by atoms with Crippen LogP contribution in [0.5, 0.6) is 0 Å². The molecule has 0 saturated heterocycles. The number of benzene rings is 1. The second-order valence-electron chi connectivity index (χ2n) is 6.57. The highest BCUT2D eigenvalue weighted by molar-refractivity contribution is 8.00. The lowest BCUT2D eigenvalue weighted by Gasteiger charge is -2.23. The van der Waals surface area contributed by atoms with Crippen molar-refractivity contribution >= 4 is 28.9 Å². The Labute approximate surface area is 156 Å². The van der Waals surface area contributed by atoms with Crippen molar-refractivity contribution in [2.75, 3.05) is 17.7 Å². The zero-order chi connectivity index (χ0) is 18.9. The van der Waals surface area contributed by atoms with E-state index in [1.807, 2.05) is 30.1 Å². The number of carbonyl (C=O) groups excluding carboxylic acids is 1. The van der Waals surface area contributed by atoms with Crippen molar-refractivity contribution < 1.29 is 9.72 Å². The number of aromatic nitrogens is 1. The molecule has 2 heterocycles. The number of likely N-dealkylation sites (N-methyl/N-ethyl adjacent to an activating group) is 1. The molecule has 1 aliphatic rings. The number of allylic oxidation sites excluding steroid dienone is 2. The van der Waals surface area contributed by atoms with Gasteiger partial charge in [-0.15, -0.1) is 0 Å². The molecule has 0 bridgehead atoms. The standard InChI is InChI=1S/C19H19N3O3S/c1-19(2)14-7-4-5-8-15(14)21(3)17(19)11-13(23)12-26-18-16(22(24)25)9-6-10-20-18/h4-11H,12H2,1-3H3/b17-11-. The fraction of sp³-hybridized carbons (Fsp3) is 0.263. The Hall–Kier alpha value is -2.67. The highest BCUT2D eigenvalue weighted by Crippen LogP contribution is 2.46. The van der Waals surface area contributed by atoms with Crippen molar-refractivity contribution in [2.24, 2.45) is 0 Å². The second-order valence-corrected chi connectivity index (χ2v) is 7.53. The molecule has 1 aromatic heterocycles. The van der Waals surface area contributed by atoms with Gasteiger partial charge in [0.2, 0.25) is 0 Å². The summed E-state index contributed by atoms with van der Waals surface area (Å²) in [4.78, 5) is 29.1. The molecule has 1 aromatic carbocycles. The maximum atomic E-state index is 12.5. The molecule has 0 saturated carbocycles. The molecule has 3 rings (SSSR count). The summed E-state index contributed by atoms with van der Waals surface area (Å²) < 4.78 is 0. The topological polar surface area (TPSA) is 76.3 Å². The Balaban J connectivity index is 1.79. The predicted molar refractivity (Wildman–Crippen MR) is 103 cm³/mol. The number of ketones is 1. The van der Waals surface area contributed by atoms with Crippen molar-refractivity contribution in [3.05, 3.63) is 70.0 Å². The van der Waals surface area contributed by atoms with E-state index in [9.17, 15) is 14.9 Å². The van der Waals surface area contributed by atoms with Gasteiger partial charge in [0.1, 0.15) is 0 Å². The van der Waals surface area contributed by atoms with Crippen LogP contribution in [0.15, 0.2) is 59.4 Å². The molecule has 26 heavy (non-hydrogen) atoms. The molecule has 1 aliphatic heterocycles. The molecule has 0 unspecified atom stereocenters. The molecule has 0 atom stereocenters. The van der Waals surface area contributed by atoms with Crippen LogP contribution in [0.3, 0.4) is 0 Å². The summed E-state index contributed by atoms with van der Waals surface area (Å²) in [5.41, 5.74) is 2.82. The van der Waals surface area contributed by atoms with Gasteiger partial charge in [-0.2, -0.15) is 0 Å². The number of nitrogens with zero attached hydrogens (tertiary/aromatic N) is 3. The number of rotatable bonds is 5. The first-order chi connectivity index (χ1) is 12.3. The third-order valence-electron chi connectivity index (χ3n) is 4.54. The lowest BCUT2D eigenvalue weighted by molar-refractivity contribution is -0.388. The smallest absolute Gasteiger partial charge is 0.301 e. The summed E-state index contributed by atoms with van der Waals surface area (Å²) in [6.45, 7) is 4.18. The fourth-order valence-electron chi connectivity index (χ4n) is 3.23. The third-order valence-corrected chi connectivity index (χ3v) is 5.55. The van der Waals surface area contributed by atoms with Gasteiger partial charge in [0.05, 0.1) is 10.7 Å². The van der Waals surface area contributed by atoms with Crippen LogP contribution in [0.4, 0.5) is 11.4 Å². The number of carbonyl (C=O) groups is 1. The number of nitro groups is 1. The number of fused-ring (bicyclic) bond motifs is 1.